The van der Waals surface area contributed by atoms with Crippen LogP contribution in [-0.2, 0) is 9.59 Å². The molecule has 4 heteroatoms. The van der Waals surface area contributed by atoms with Crippen LogP contribution >= 0.6 is 0 Å². The maximum absolute atomic E-state index is 12.5. The van der Waals surface area contributed by atoms with Gasteiger partial charge in [0.15, 0.2) is 0 Å². The predicted molar refractivity (Wildman–Crippen MR) is 81.6 cm³/mol. The zero-order valence-corrected chi connectivity index (χ0v) is 13.2. The SMILES string of the molecule is CC1CCCN(C(=O)C(=O)N2CCC3CCCCC3C2)C1. The van der Waals surface area contributed by atoms with Gasteiger partial charge in [-0.1, -0.05) is 26.2 Å². The van der Waals surface area contributed by atoms with Gasteiger partial charge in [0.1, 0.15) is 0 Å². The molecule has 0 aromatic heterocycles. The van der Waals surface area contributed by atoms with Crippen LogP contribution in [0.15, 0.2) is 0 Å². The lowest BCUT2D eigenvalue weighted by Gasteiger charge is -2.41. The van der Waals surface area contributed by atoms with E-state index >= 15 is 0 Å². The molecule has 3 fully saturated rings. The molecule has 118 valence electrons. The number of amides is 2. The summed E-state index contributed by atoms with van der Waals surface area (Å²) in [6, 6.07) is 0. The lowest BCUT2D eigenvalue weighted by Crippen LogP contribution is -2.52. The molecular weight excluding hydrogens is 264 g/mol. The van der Waals surface area contributed by atoms with Gasteiger partial charge in [-0.3, -0.25) is 9.59 Å². The maximum atomic E-state index is 12.5. The molecule has 0 aromatic carbocycles. The first-order valence-electron chi connectivity index (χ1n) is 8.73. The van der Waals surface area contributed by atoms with Gasteiger partial charge < -0.3 is 9.80 Å². The number of likely N-dealkylation sites (tertiary alicyclic amines) is 2. The van der Waals surface area contributed by atoms with Crippen molar-refractivity contribution >= 4 is 11.8 Å². The fraction of sp³-hybridized carbons (Fsp3) is 0.882. The van der Waals surface area contributed by atoms with Crippen LogP contribution in [0.4, 0.5) is 0 Å². The summed E-state index contributed by atoms with van der Waals surface area (Å²) in [6.07, 6.45) is 8.50. The van der Waals surface area contributed by atoms with E-state index in [1.165, 1.54) is 32.1 Å². The number of hydrogen-bond acceptors (Lipinski definition) is 2. The summed E-state index contributed by atoms with van der Waals surface area (Å²) >= 11 is 0. The van der Waals surface area contributed by atoms with E-state index in [9.17, 15) is 9.59 Å². The summed E-state index contributed by atoms with van der Waals surface area (Å²) in [4.78, 5) is 28.6. The van der Waals surface area contributed by atoms with E-state index in [4.69, 9.17) is 0 Å². The molecule has 2 saturated heterocycles. The lowest BCUT2D eigenvalue weighted by molar-refractivity contribution is -0.154. The summed E-state index contributed by atoms with van der Waals surface area (Å²) in [5.74, 6) is 1.47. The highest BCUT2D eigenvalue weighted by Gasteiger charge is 2.36. The van der Waals surface area contributed by atoms with Crippen molar-refractivity contribution in [1.29, 1.82) is 0 Å². The molecule has 3 atom stereocenters. The zero-order chi connectivity index (χ0) is 14.8. The van der Waals surface area contributed by atoms with Gasteiger partial charge in [0.2, 0.25) is 0 Å². The van der Waals surface area contributed by atoms with E-state index in [1.54, 1.807) is 4.90 Å². The minimum absolute atomic E-state index is 0.242. The van der Waals surface area contributed by atoms with Crippen molar-refractivity contribution in [2.24, 2.45) is 17.8 Å². The fourth-order valence-corrected chi connectivity index (χ4v) is 4.43. The highest BCUT2D eigenvalue weighted by Crippen LogP contribution is 2.36. The van der Waals surface area contributed by atoms with E-state index in [-0.39, 0.29) is 11.8 Å². The summed E-state index contributed by atoms with van der Waals surface area (Å²) in [6.45, 7) is 5.28. The van der Waals surface area contributed by atoms with Crippen LogP contribution in [0.1, 0.15) is 51.9 Å². The summed E-state index contributed by atoms with van der Waals surface area (Å²) in [5.41, 5.74) is 0. The minimum atomic E-state index is -0.254. The molecule has 2 amide bonds. The summed E-state index contributed by atoms with van der Waals surface area (Å²) in [5, 5.41) is 0. The summed E-state index contributed by atoms with van der Waals surface area (Å²) < 4.78 is 0. The smallest absolute Gasteiger partial charge is 0.312 e. The number of rotatable bonds is 0. The first kappa shape index (κ1) is 14.9. The number of fused-ring (bicyclic) bond motifs is 1. The van der Waals surface area contributed by atoms with E-state index < -0.39 is 0 Å². The second-order valence-corrected chi connectivity index (χ2v) is 7.34. The molecule has 0 radical (unpaired) electrons. The molecule has 0 aromatic rings. The molecule has 0 bridgehead atoms. The fourth-order valence-electron chi connectivity index (χ4n) is 4.43. The third-order valence-electron chi connectivity index (χ3n) is 5.71. The number of hydrogen-bond donors (Lipinski definition) is 0. The third kappa shape index (κ3) is 3.24. The normalized spacial score (nSPS) is 33.5. The van der Waals surface area contributed by atoms with Crippen molar-refractivity contribution < 1.29 is 9.59 Å². The summed E-state index contributed by atoms with van der Waals surface area (Å²) in [7, 11) is 0. The Hall–Kier alpha value is -1.06. The first-order chi connectivity index (χ1) is 10.1. The Morgan fingerprint density at radius 1 is 0.762 bits per heavy atom. The second-order valence-electron chi connectivity index (χ2n) is 7.34. The topological polar surface area (TPSA) is 40.6 Å². The van der Waals surface area contributed by atoms with Crippen LogP contribution in [0.25, 0.3) is 0 Å². The molecule has 0 spiro atoms. The van der Waals surface area contributed by atoms with Crippen LogP contribution < -0.4 is 0 Å². The van der Waals surface area contributed by atoms with Gasteiger partial charge in [0.05, 0.1) is 0 Å². The quantitative estimate of drug-likeness (QED) is 0.643. The second kappa shape index (κ2) is 6.37. The Morgan fingerprint density at radius 3 is 2.14 bits per heavy atom. The van der Waals surface area contributed by atoms with Crippen molar-refractivity contribution in [3.05, 3.63) is 0 Å². The van der Waals surface area contributed by atoms with E-state index in [2.05, 4.69) is 6.92 Å². The average Bonchev–Trinajstić information content (AvgIpc) is 2.53. The highest BCUT2D eigenvalue weighted by molar-refractivity contribution is 6.34. The predicted octanol–water partition coefficient (Wildman–Crippen LogP) is 2.28. The molecule has 3 rings (SSSR count). The van der Waals surface area contributed by atoms with Crippen molar-refractivity contribution in [2.75, 3.05) is 26.2 Å². The van der Waals surface area contributed by atoms with Gasteiger partial charge in [-0.05, 0) is 43.4 Å². The Morgan fingerprint density at radius 2 is 1.43 bits per heavy atom. The molecule has 2 aliphatic heterocycles. The molecule has 3 unspecified atom stereocenters. The highest BCUT2D eigenvalue weighted by atomic mass is 16.2. The molecule has 1 saturated carbocycles. The van der Waals surface area contributed by atoms with E-state index in [0.29, 0.717) is 11.8 Å². The Balaban J connectivity index is 1.58. The molecule has 0 N–H and O–H groups in total. The number of nitrogens with zero attached hydrogens (tertiary/aromatic N) is 2. The standard InChI is InChI=1S/C17H28N2O2/c1-13-5-4-9-18(11-13)16(20)17(21)19-10-8-14-6-2-3-7-15(14)12-19/h13-15H,2-12H2,1H3. The first-order valence-corrected chi connectivity index (χ1v) is 8.73. The van der Waals surface area contributed by atoms with Gasteiger partial charge >= 0.3 is 11.8 Å². The molecule has 3 aliphatic rings. The van der Waals surface area contributed by atoms with Gasteiger partial charge in [-0.15, -0.1) is 0 Å². The largest absolute Gasteiger partial charge is 0.334 e. The van der Waals surface area contributed by atoms with Gasteiger partial charge in [-0.2, -0.15) is 0 Å². The van der Waals surface area contributed by atoms with Crippen LogP contribution in [-0.4, -0.2) is 47.8 Å². The van der Waals surface area contributed by atoms with Crippen LogP contribution in [0.2, 0.25) is 0 Å². The molecule has 21 heavy (non-hydrogen) atoms. The molecular formula is C17H28N2O2. The molecule has 1 aliphatic carbocycles. The maximum Gasteiger partial charge on any atom is 0.312 e. The number of carbonyl (C=O) groups is 2. The molecule has 4 nitrogen and oxygen atoms in total. The van der Waals surface area contributed by atoms with Crippen LogP contribution in [0.5, 0.6) is 0 Å². The van der Waals surface area contributed by atoms with E-state index in [0.717, 1.165) is 44.9 Å². The van der Waals surface area contributed by atoms with Crippen molar-refractivity contribution in [3.8, 4) is 0 Å². The Bertz CT molecular complexity index is 410. The monoisotopic (exact) mass is 292 g/mol. The van der Waals surface area contributed by atoms with Gasteiger partial charge in [-0.25, -0.2) is 0 Å². The van der Waals surface area contributed by atoms with Crippen molar-refractivity contribution in [2.45, 2.75) is 51.9 Å². The van der Waals surface area contributed by atoms with Crippen molar-refractivity contribution in [1.82, 2.24) is 9.80 Å². The van der Waals surface area contributed by atoms with Crippen LogP contribution in [0, 0.1) is 17.8 Å². The lowest BCUT2D eigenvalue weighted by atomic mass is 9.75. The van der Waals surface area contributed by atoms with E-state index in [1.807, 2.05) is 4.90 Å². The van der Waals surface area contributed by atoms with Crippen LogP contribution in [0.3, 0.4) is 0 Å². The average molecular weight is 292 g/mol. The minimum Gasteiger partial charge on any atom is -0.334 e. The number of carbonyl (C=O) groups excluding carboxylic acids is 2. The Kier molecular flexibility index (Phi) is 4.51. The van der Waals surface area contributed by atoms with Crippen molar-refractivity contribution in [3.63, 3.8) is 0 Å². The van der Waals surface area contributed by atoms with Gasteiger partial charge in [0, 0.05) is 26.2 Å². The molecule has 2 heterocycles. The third-order valence-corrected chi connectivity index (χ3v) is 5.71. The Labute approximate surface area is 127 Å². The zero-order valence-electron chi connectivity index (χ0n) is 13.2. The number of piperidine rings is 2. The van der Waals surface area contributed by atoms with Gasteiger partial charge in [0.25, 0.3) is 0 Å².